The SMILES string of the molecule is CC(C)NCc1cc(Br)ccc1N1CCCCCC1C. The van der Waals surface area contributed by atoms with Gasteiger partial charge in [-0.15, -0.1) is 0 Å². The largest absolute Gasteiger partial charge is 0.369 e. The van der Waals surface area contributed by atoms with E-state index in [0.29, 0.717) is 12.1 Å². The lowest BCUT2D eigenvalue weighted by Gasteiger charge is -2.32. The van der Waals surface area contributed by atoms with Crippen LogP contribution < -0.4 is 10.2 Å². The van der Waals surface area contributed by atoms with E-state index in [1.807, 2.05) is 0 Å². The van der Waals surface area contributed by atoms with Crippen LogP contribution in [0.1, 0.15) is 52.0 Å². The van der Waals surface area contributed by atoms with Crippen LogP contribution in [0.3, 0.4) is 0 Å². The lowest BCUT2D eigenvalue weighted by atomic mass is 10.1. The van der Waals surface area contributed by atoms with E-state index in [0.717, 1.165) is 6.54 Å². The number of rotatable bonds is 4. The van der Waals surface area contributed by atoms with Gasteiger partial charge >= 0.3 is 0 Å². The molecule has 0 bridgehead atoms. The Morgan fingerprint density at radius 2 is 2.10 bits per heavy atom. The van der Waals surface area contributed by atoms with Crippen molar-refractivity contribution in [2.45, 2.75) is 65.1 Å². The lowest BCUT2D eigenvalue weighted by Crippen LogP contribution is -2.34. The number of anilines is 1. The number of benzene rings is 1. The van der Waals surface area contributed by atoms with Crippen LogP contribution in [0.4, 0.5) is 5.69 Å². The van der Waals surface area contributed by atoms with E-state index in [2.05, 4.69) is 65.1 Å². The van der Waals surface area contributed by atoms with Crippen LogP contribution >= 0.6 is 15.9 Å². The Bertz CT molecular complexity index is 431. The van der Waals surface area contributed by atoms with E-state index < -0.39 is 0 Å². The topological polar surface area (TPSA) is 15.3 Å². The first-order chi connectivity index (χ1) is 9.58. The summed E-state index contributed by atoms with van der Waals surface area (Å²) in [4.78, 5) is 2.61. The minimum absolute atomic E-state index is 0.517. The average molecular weight is 339 g/mol. The molecule has 0 radical (unpaired) electrons. The zero-order valence-corrected chi connectivity index (χ0v) is 14.5. The molecule has 0 amide bonds. The van der Waals surface area contributed by atoms with E-state index in [4.69, 9.17) is 0 Å². The minimum Gasteiger partial charge on any atom is -0.369 e. The maximum Gasteiger partial charge on any atom is 0.0415 e. The van der Waals surface area contributed by atoms with Crippen LogP contribution in [-0.2, 0) is 6.54 Å². The van der Waals surface area contributed by atoms with Crippen molar-refractivity contribution in [3.05, 3.63) is 28.2 Å². The van der Waals surface area contributed by atoms with Gasteiger partial charge in [-0.3, -0.25) is 0 Å². The highest BCUT2D eigenvalue weighted by Crippen LogP contribution is 2.29. The minimum atomic E-state index is 0.517. The van der Waals surface area contributed by atoms with Gasteiger partial charge in [-0.2, -0.15) is 0 Å². The molecule has 1 heterocycles. The quantitative estimate of drug-likeness (QED) is 0.854. The van der Waals surface area contributed by atoms with Gasteiger partial charge in [-0.1, -0.05) is 42.6 Å². The second kappa shape index (κ2) is 7.46. The monoisotopic (exact) mass is 338 g/mol. The summed E-state index contributed by atoms with van der Waals surface area (Å²) < 4.78 is 1.17. The van der Waals surface area contributed by atoms with Crippen molar-refractivity contribution in [2.24, 2.45) is 0 Å². The van der Waals surface area contributed by atoms with Crippen LogP contribution in [0.5, 0.6) is 0 Å². The first-order valence-electron chi connectivity index (χ1n) is 7.86. The molecule has 1 aliphatic rings. The second-order valence-corrected chi connectivity index (χ2v) is 7.12. The Balaban J connectivity index is 2.24. The molecule has 1 aromatic rings. The molecule has 0 spiro atoms. The third-order valence-corrected chi connectivity index (χ3v) is 4.60. The van der Waals surface area contributed by atoms with Crippen molar-refractivity contribution in [1.29, 1.82) is 0 Å². The van der Waals surface area contributed by atoms with E-state index in [9.17, 15) is 0 Å². The van der Waals surface area contributed by atoms with Gasteiger partial charge in [0.2, 0.25) is 0 Å². The summed E-state index contributed by atoms with van der Waals surface area (Å²) in [5.41, 5.74) is 2.82. The molecular formula is C17H27BrN2. The highest BCUT2D eigenvalue weighted by atomic mass is 79.9. The molecule has 0 aliphatic carbocycles. The van der Waals surface area contributed by atoms with Crippen molar-refractivity contribution in [1.82, 2.24) is 5.32 Å². The van der Waals surface area contributed by atoms with Gasteiger partial charge in [0.1, 0.15) is 0 Å². The van der Waals surface area contributed by atoms with E-state index in [-0.39, 0.29) is 0 Å². The second-order valence-electron chi connectivity index (χ2n) is 6.20. The summed E-state index contributed by atoms with van der Waals surface area (Å²) in [6, 6.07) is 7.89. The third kappa shape index (κ3) is 4.23. The summed E-state index contributed by atoms with van der Waals surface area (Å²) >= 11 is 3.61. The third-order valence-electron chi connectivity index (χ3n) is 4.10. The Labute approximate surface area is 132 Å². The van der Waals surface area contributed by atoms with Gasteiger partial charge in [0.05, 0.1) is 0 Å². The zero-order chi connectivity index (χ0) is 14.5. The van der Waals surface area contributed by atoms with Gasteiger partial charge in [-0.05, 0) is 43.5 Å². The Kier molecular flexibility index (Phi) is 5.91. The fraction of sp³-hybridized carbons (Fsp3) is 0.647. The fourth-order valence-corrected chi connectivity index (χ4v) is 3.33. The van der Waals surface area contributed by atoms with Gasteiger partial charge in [-0.25, -0.2) is 0 Å². The highest BCUT2D eigenvalue weighted by molar-refractivity contribution is 9.10. The first kappa shape index (κ1) is 15.8. The average Bonchev–Trinajstić information content (AvgIpc) is 2.61. The molecule has 112 valence electrons. The first-order valence-corrected chi connectivity index (χ1v) is 8.65. The van der Waals surface area contributed by atoms with Crippen molar-refractivity contribution < 1.29 is 0 Å². The molecule has 1 saturated heterocycles. The summed E-state index contributed by atoms with van der Waals surface area (Å²) in [7, 11) is 0. The van der Waals surface area contributed by atoms with Crippen LogP contribution in [0.15, 0.2) is 22.7 Å². The molecule has 1 unspecified atom stereocenters. The lowest BCUT2D eigenvalue weighted by molar-refractivity contribution is 0.581. The predicted octanol–water partition coefficient (Wildman–Crippen LogP) is 4.72. The number of hydrogen-bond donors (Lipinski definition) is 1. The van der Waals surface area contributed by atoms with Gasteiger partial charge in [0.15, 0.2) is 0 Å². The zero-order valence-electron chi connectivity index (χ0n) is 13.0. The molecule has 20 heavy (non-hydrogen) atoms. The highest BCUT2D eigenvalue weighted by Gasteiger charge is 2.19. The van der Waals surface area contributed by atoms with Crippen molar-refractivity contribution >= 4 is 21.6 Å². The summed E-state index contributed by atoms with van der Waals surface area (Å²) in [5, 5.41) is 3.55. The molecule has 0 aromatic heterocycles. The van der Waals surface area contributed by atoms with Gasteiger partial charge in [0, 0.05) is 35.3 Å². The van der Waals surface area contributed by atoms with E-state index in [1.54, 1.807) is 0 Å². The molecule has 1 fully saturated rings. The van der Waals surface area contributed by atoms with Gasteiger partial charge in [0.25, 0.3) is 0 Å². The molecule has 0 saturated carbocycles. The van der Waals surface area contributed by atoms with Crippen molar-refractivity contribution in [2.75, 3.05) is 11.4 Å². The van der Waals surface area contributed by atoms with Crippen molar-refractivity contribution in [3.63, 3.8) is 0 Å². The Morgan fingerprint density at radius 1 is 1.30 bits per heavy atom. The summed E-state index contributed by atoms with van der Waals surface area (Å²) in [6.07, 6.45) is 5.37. The Hall–Kier alpha value is -0.540. The number of nitrogens with one attached hydrogen (secondary N) is 1. The Morgan fingerprint density at radius 3 is 2.85 bits per heavy atom. The molecule has 2 rings (SSSR count). The summed E-state index contributed by atoms with van der Waals surface area (Å²) in [5.74, 6) is 0. The maximum atomic E-state index is 3.61. The normalized spacial score (nSPS) is 20.2. The standard InChI is InChI=1S/C17H27BrN2/c1-13(2)19-12-15-11-16(18)8-9-17(15)20-10-6-4-5-7-14(20)3/h8-9,11,13-14,19H,4-7,10,12H2,1-3H3. The van der Waals surface area contributed by atoms with E-state index in [1.165, 1.54) is 48.0 Å². The number of halogens is 1. The smallest absolute Gasteiger partial charge is 0.0415 e. The molecular weight excluding hydrogens is 312 g/mol. The van der Waals surface area contributed by atoms with Crippen LogP contribution in [0.25, 0.3) is 0 Å². The molecule has 3 heteroatoms. The van der Waals surface area contributed by atoms with E-state index >= 15 is 0 Å². The number of hydrogen-bond acceptors (Lipinski definition) is 2. The van der Waals surface area contributed by atoms with Crippen molar-refractivity contribution in [3.8, 4) is 0 Å². The number of nitrogens with zero attached hydrogens (tertiary/aromatic N) is 1. The predicted molar refractivity (Wildman–Crippen MR) is 91.4 cm³/mol. The summed E-state index contributed by atoms with van der Waals surface area (Å²) in [6.45, 7) is 8.90. The fourth-order valence-electron chi connectivity index (χ4n) is 2.92. The molecule has 1 N–H and O–H groups in total. The maximum absolute atomic E-state index is 3.61. The molecule has 1 aromatic carbocycles. The molecule has 2 nitrogen and oxygen atoms in total. The van der Waals surface area contributed by atoms with Crippen LogP contribution in [0, 0.1) is 0 Å². The molecule has 1 aliphatic heterocycles. The van der Waals surface area contributed by atoms with Crippen LogP contribution in [-0.4, -0.2) is 18.6 Å². The van der Waals surface area contributed by atoms with Gasteiger partial charge < -0.3 is 10.2 Å². The molecule has 1 atom stereocenters. The van der Waals surface area contributed by atoms with Crippen LogP contribution in [0.2, 0.25) is 0 Å².